The van der Waals surface area contributed by atoms with Gasteiger partial charge >= 0.3 is 0 Å². The molecule has 0 unspecified atom stereocenters. The maximum Gasteiger partial charge on any atom is 0.247 e. The van der Waals surface area contributed by atoms with E-state index in [0.717, 1.165) is 16.7 Å². The number of rotatable bonds is 5. The van der Waals surface area contributed by atoms with Crippen molar-refractivity contribution < 1.29 is 8.42 Å². The number of sulfonamides is 1. The Labute approximate surface area is 225 Å². The molecule has 2 N–H and O–H groups in total. The lowest BCUT2D eigenvalue weighted by molar-refractivity contribution is 0.360. The second-order valence-electron chi connectivity index (χ2n) is 8.20. The molecule has 1 aliphatic heterocycles. The summed E-state index contributed by atoms with van der Waals surface area (Å²) in [5, 5.41) is 15.9. The number of fused-ring (bicyclic) bond motifs is 1. The Bertz CT molecular complexity index is 1490. The monoisotopic (exact) mass is 564 g/mol. The third-order valence-corrected chi connectivity index (χ3v) is 8.37. The maximum atomic E-state index is 12.8. The van der Waals surface area contributed by atoms with E-state index in [2.05, 4.69) is 25.8 Å². The number of aryl methyl sites for hydroxylation is 1. The highest BCUT2D eigenvalue weighted by Gasteiger charge is 2.25. The predicted octanol–water partition coefficient (Wildman–Crippen LogP) is 5.07. The van der Waals surface area contributed by atoms with Gasteiger partial charge in [-0.15, -0.1) is 22.6 Å². The van der Waals surface area contributed by atoms with Crippen LogP contribution in [0.3, 0.4) is 0 Å². The predicted molar refractivity (Wildman–Crippen MR) is 146 cm³/mol. The molecular formula is C24H23Cl3N6O2S. The first-order chi connectivity index (χ1) is 16.8. The van der Waals surface area contributed by atoms with Crippen molar-refractivity contribution in [2.45, 2.75) is 11.8 Å². The Morgan fingerprint density at radius 1 is 0.972 bits per heavy atom. The minimum Gasteiger partial charge on any atom is -0.323 e. The summed E-state index contributed by atoms with van der Waals surface area (Å²) in [5.74, 6) is 0.307. The molecule has 0 aliphatic carbocycles. The van der Waals surface area contributed by atoms with Crippen molar-refractivity contribution in [3.63, 3.8) is 0 Å². The van der Waals surface area contributed by atoms with Gasteiger partial charge in [-0.25, -0.2) is 13.4 Å². The molecule has 0 bridgehead atoms. The molecule has 188 valence electrons. The number of benzene rings is 3. The van der Waals surface area contributed by atoms with Crippen molar-refractivity contribution in [3.05, 3.63) is 70.2 Å². The van der Waals surface area contributed by atoms with E-state index in [1.807, 2.05) is 19.1 Å². The molecule has 8 nitrogen and oxygen atoms in total. The number of piperazine rings is 1. The van der Waals surface area contributed by atoms with Gasteiger partial charge in [0.25, 0.3) is 0 Å². The Balaban J connectivity index is 0.00000304. The van der Waals surface area contributed by atoms with Crippen LogP contribution in [0.2, 0.25) is 10.0 Å². The molecular weight excluding hydrogens is 543 g/mol. The van der Waals surface area contributed by atoms with E-state index >= 15 is 0 Å². The van der Waals surface area contributed by atoms with Crippen LogP contribution in [0.5, 0.6) is 0 Å². The Hall–Kier alpha value is -2.53. The zero-order valence-electron chi connectivity index (χ0n) is 19.2. The van der Waals surface area contributed by atoms with Gasteiger partial charge in [-0.3, -0.25) is 0 Å². The molecule has 0 atom stereocenters. The van der Waals surface area contributed by atoms with Crippen LogP contribution < -0.4 is 10.6 Å². The van der Waals surface area contributed by atoms with Crippen LogP contribution >= 0.6 is 35.6 Å². The molecule has 3 aromatic carbocycles. The van der Waals surface area contributed by atoms with E-state index in [-0.39, 0.29) is 17.3 Å². The molecule has 0 radical (unpaired) electrons. The van der Waals surface area contributed by atoms with Crippen molar-refractivity contribution >= 4 is 68.3 Å². The molecule has 5 rings (SSSR count). The van der Waals surface area contributed by atoms with Crippen LogP contribution in [0.15, 0.2) is 59.5 Å². The summed E-state index contributed by atoms with van der Waals surface area (Å²) in [4.78, 5) is 4.86. The smallest absolute Gasteiger partial charge is 0.247 e. The minimum atomic E-state index is -3.52. The lowest BCUT2D eigenvalue weighted by Crippen LogP contribution is -2.46. The quantitative estimate of drug-likeness (QED) is 0.349. The fourth-order valence-corrected chi connectivity index (χ4v) is 6.11. The second-order valence-corrected chi connectivity index (χ2v) is 10.9. The number of nitrogens with zero attached hydrogens (tertiary/aromatic N) is 4. The Morgan fingerprint density at radius 2 is 1.64 bits per heavy atom. The third kappa shape index (κ3) is 5.27. The highest BCUT2D eigenvalue weighted by molar-refractivity contribution is 7.89. The fraction of sp³-hybridized carbons (Fsp3) is 0.208. The van der Waals surface area contributed by atoms with Gasteiger partial charge in [-0.2, -0.15) is 4.31 Å². The van der Waals surface area contributed by atoms with Crippen molar-refractivity contribution in [2.24, 2.45) is 0 Å². The molecule has 0 saturated carbocycles. The normalized spacial score (nSPS) is 14.4. The number of nitrogens with one attached hydrogen (secondary N) is 2. The molecule has 1 saturated heterocycles. The summed E-state index contributed by atoms with van der Waals surface area (Å²) in [5.41, 5.74) is 4.42. The molecule has 0 spiro atoms. The summed E-state index contributed by atoms with van der Waals surface area (Å²) in [6.45, 7) is 4.16. The van der Waals surface area contributed by atoms with E-state index < -0.39 is 10.0 Å². The summed E-state index contributed by atoms with van der Waals surface area (Å²) >= 11 is 12.8. The van der Waals surface area contributed by atoms with Crippen molar-refractivity contribution in [1.29, 1.82) is 0 Å². The van der Waals surface area contributed by atoms with Crippen LogP contribution in [-0.2, 0) is 10.0 Å². The van der Waals surface area contributed by atoms with Gasteiger partial charge in [0, 0.05) is 47.5 Å². The first kappa shape index (κ1) is 26.5. The topological polar surface area (TPSA) is 100 Å². The molecule has 1 aromatic heterocycles. The minimum absolute atomic E-state index is 0. The first-order valence-corrected chi connectivity index (χ1v) is 13.2. The molecule has 1 fully saturated rings. The van der Waals surface area contributed by atoms with Gasteiger partial charge in [-0.1, -0.05) is 29.3 Å². The Morgan fingerprint density at radius 3 is 2.31 bits per heavy atom. The van der Waals surface area contributed by atoms with Crippen LogP contribution in [0.4, 0.5) is 11.6 Å². The van der Waals surface area contributed by atoms with Gasteiger partial charge < -0.3 is 10.6 Å². The number of hydrogen-bond donors (Lipinski definition) is 2. The van der Waals surface area contributed by atoms with E-state index in [0.29, 0.717) is 58.9 Å². The van der Waals surface area contributed by atoms with E-state index in [1.54, 1.807) is 42.5 Å². The molecule has 36 heavy (non-hydrogen) atoms. The lowest BCUT2D eigenvalue weighted by atomic mass is 10.0. The molecule has 4 aromatic rings. The average molecular weight is 566 g/mol. The molecule has 2 heterocycles. The van der Waals surface area contributed by atoms with E-state index in [4.69, 9.17) is 23.2 Å². The highest BCUT2D eigenvalue weighted by atomic mass is 35.5. The highest BCUT2D eigenvalue weighted by Crippen LogP contribution is 2.36. The SMILES string of the molecule is Cc1cc(-c2c(Cl)cccc2Cl)cc2nnc(Nc3ccc(S(=O)(=O)N4CCNCC4)cc3)nc12.Cl. The summed E-state index contributed by atoms with van der Waals surface area (Å²) < 4.78 is 27.2. The molecule has 1 aliphatic rings. The number of anilines is 2. The van der Waals surface area contributed by atoms with Gasteiger partial charge in [-0.05, 0) is 66.6 Å². The van der Waals surface area contributed by atoms with Crippen LogP contribution in [0.1, 0.15) is 5.56 Å². The molecule has 0 amide bonds. The summed E-state index contributed by atoms with van der Waals surface area (Å²) in [6.07, 6.45) is 0. The second kappa shape index (κ2) is 10.8. The summed E-state index contributed by atoms with van der Waals surface area (Å²) in [7, 11) is -3.52. The van der Waals surface area contributed by atoms with Gasteiger partial charge in [0.15, 0.2) is 0 Å². The zero-order chi connectivity index (χ0) is 24.6. The fourth-order valence-electron chi connectivity index (χ4n) is 4.06. The van der Waals surface area contributed by atoms with Crippen molar-refractivity contribution in [1.82, 2.24) is 24.8 Å². The summed E-state index contributed by atoms with van der Waals surface area (Å²) in [6, 6.07) is 15.8. The van der Waals surface area contributed by atoms with Crippen molar-refractivity contribution in [2.75, 3.05) is 31.5 Å². The van der Waals surface area contributed by atoms with E-state index in [1.165, 1.54) is 4.31 Å². The Kier molecular flexibility index (Phi) is 7.99. The van der Waals surface area contributed by atoms with Gasteiger partial charge in [0.05, 0.1) is 10.4 Å². The lowest BCUT2D eigenvalue weighted by Gasteiger charge is -2.26. The number of halogens is 3. The number of aromatic nitrogens is 3. The maximum absolute atomic E-state index is 12.8. The van der Waals surface area contributed by atoms with Gasteiger partial charge in [0.1, 0.15) is 5.52 Å². The zero-order valence-corrected chi connectivity index (χ0v) is 22.3. The standard InChI is InChI=1S/C24H22Cl2N6O2S.ClH/c1-15-13-16(22-19(25)3-2-4-20(22)26)14-21-23(15)29-24(31-30-21)28-17-5-7-18(8-6-17)35(33,34)32-11-9-27-10-12-32;/h2-8,13-14,27H,9-12H2,1H3,(H,28,29,31);1H. The number of hydrogen-bond acceptors (Lipinski definition) is 7. The average Bonchev–Trinajstić information content (AvgIpc) is 2.85. The van der Waals surface area contributed by atoms with Gasteiger partial charge in [0.2, 0.25) is 16.0 Å². The van der Waals surface area contributed by atoms with Crippen molar-refractivity contribution in [3.8, 4) is 11.1 Å². The first-order valence-electron chi connectivity index (χ1n) is 11.0. The molecule has 12 heteroatoms. The van der Waals surface area contributed by atoms with E-state index in [9.17, 15) is 8.42 Å². The largest absolute Gasteiger partial charge is 0.323 e. The van der Waals surface area contributed by atoms with Crippen LogP contribution in [0.25, 0.3) is 22.2 Å². The van der Waals surface area contributed by atoms with Crippen LogP contribution in [-0.4, -0.2) is 54.1 Å². The van der Waals surface area contributed by atoms with Crippen LogP contribution in [0, 0.1) is 6.92 Å². The third-order valence-electron chi connectivity index (χ3n) is 5.83.